The van der Waals surface area contributed by atoms with E-state index in [2.05, 4.69) is 41.3 Å². The maximum Gasteiger partial charge on any atom is 0.118 e. The molecule has 0 spiro atoms. The predicted octanol–water partition coefficient (Wildman–Crippen LogP) is 5.43. The molecule has 0 saturated carbocycles. The van der Waals surface area contributed by atoms with Crippen LogP contribution >= 0.6 is 12.4 Å². The highest BCUT2D eigenvalue weighted by molar-refractivity contribution is 5.85. The molecule has 0 aromatic heterocycles. The number of benzene rings is 3. The average molecular weight is 438 g/mol. The smallest absolute Gasteiger partial charge is 0.118 e. The Bertz CT molecular complexity index is 911. The van der Waals surface area contributed by atoms with Crippen LogP contribution in [-0.4, -0.2) is 36.8 Å². The van der Waals surface area contributed by atoms with Gasteiger partial charge in [-0.2, -0.15) is 0 Å². The lowest BCUT2D eigenvalue weighted by molar-refractivity contribution is -0.00292. The summed E-state index contributed by atoms with van der Waals surface area (Å²) in [7, 11) is 1.67. The Kier molecular flexibility index (Phi) is 8.14. The summed E-state index contributed by atoms with van der Waals surface area (Å²) >= 11 is 0. The monoisotopic (exact) mass is 437 g/mol. The number of halogens is 1. The minimum absolute atomic E-state index is 0. The van der Waals surface area contributed by atoms with Gasteiger partial charge in [-0.05, 0) is 54.8 Å². The number of rotatable bonds is 8. The Hall–Kier alpha value is -2.33. The summed E-state index contributed by atoms with van der Waals surface area (Å²) in [5.41, 5.74) is 2.22. The van der Waals surface area contributed by atoms with Gasteiger partial charge in [0.1, 0.15) is 11.4 Å². The van der Waals surface area contributed by atoms with E-state index in [1.54, 1.807) is 7.11 Å². The van der Waals surface area contributed by atoms with Crippen molar-refractivity contribution in [2.75, 3.05) is 26.7 Å². The van der Waals surface area contributed by atoms with Crippen LogP contribution in [0.3, 0.4) is 0 Å². The molecule has 4 heteroatoms. The third-order valence-electron chi connectivity index (χ3n) is 6.32. The molecule has 2 unspecified atom stereocenters. The van der Waals surface area contributed by atoms with Crippen molar-refractivity contribution in [2.24, 2.45) is 0 Å². The maximum absolute atomic E-state index is 12.4. The van der Waals surface area contributed by atoms with Crippen molar-refractivity contribution in [2.45, 2.75) is 30.8 Å². The lowest BCUT2D eigenvalue weighted by Crippen LogP contribution is -2.42. The molecule has 1 fully saturated rings. The molecule has 0 bridgehead atoms. The Morgan fingerprint density at radius 3 is 2.03 bits per heavy atom. The Balaban J connectivity index is 0.00000272. The Morgan fingerprint density at radius 1 is 0.871 bits per heavy atom. The van der Waals surface area contributed by atoms with Crippen molar-refractivity contribution >= 4 is 12.4 Å². The quantitative estimate of drug-likeness (QED) is 0.510. The molecular formula is C27H32ClNO2. The largest absolute Gasteiger partial charge is 0.497 e. The number of ether oxygens (including phenoxy) is 1. The predicted molar refractivity (Wildman–Crippen MR) is 129 cm³/mol. The topological polar surface area (TPSA) is 32.7 Å². The third-order valence-corrected chi connectivity index (χ3v) is 6.32. The molecule has 31 heavy (non-hydrogen) atoms. The highest BCUT2D eigenvalue weighted by atomic mass is 35.5. The SMILES string of the molecule is COc1ccc(C(O)(Cc2ccccc2)C(CN2CCCC2)c2ccccc2)cc1.Cl. The van der Waals surface area contributed by atoms with E-state index in [1.807, 2.05) is 48.5 Å². The molecule has 0 aliphatic carbocycles. The lowest BCUT2D eigenvalue weighted by Gasteiger charge is -2.39. The Labute approximate surface area is 192 Å². The van der Waals surface area contributed by atoms with Gasteiger partial charge in [0.05, 0.1) is 7.11 Å². The molecule has 3 aromatic carbocycles. The van der Waals surface area contributed by atoms with E-state index in [0.717, 1.165) is 36.5 Å². The van der Waals surface area contributed by atoms with Crippen LogP contribution in [0.5, 0.6) is 5.75 Å². The fraction of sp³-hybridized carbons (Fsp3) is 0.333. The summed E-state index contributed by atoms with van der Waals surface area (Å²) < 4.78 is 5.36. The zero-order valence-electron chi connectivity index (χ0n) is 18.1. The molecule has 164 valence electrons. The van der Waals surface area contributed by atoms with Gasteiger partial charge >= 0.3 is 0 Å². The first kappa shape index (κ1) is 23.3. The van der Waals surface area contributed by atoms with Crippen molar-refractivity contribution < 1.29 is 9.84 Å². The van der Waals surface area contributed by atoms with Gasteiger partial charge < -0.3 is 14.7 Å². The summed E-state index contributed by atoms with van der Waals surface area (Å²) in [5, 5.41) is 12.4. The summed E-state index contributed by atoms with van der Waals surface area (Å²) in [5.74, 6) is 0.766. The first-order chi connectivity index (χ1) is 14.7. The van der Waals surface area contributed by atoms with Gasteiger partial charge in [0.2, 0.25) is 0 Å². The molecule has 1 heterocycles. The standard InChI is InChI=1S/C27H31NO2.ClH/c1-30-25-16-14-24(15-17-25)27(29,20-22-10-4-2-5-11-22)26(21-28-18-8-9-19-28)23-12-6-3-7-13-23;/h2-7,10-17,26,29H,8-9,18-21H2,1H3;1H. The highest BCUT2D eigenvalue weighted by Gasteiger charge is 2.40. The zero-order chi connectivity index (χ0) is 20.8. The van der Waals surface area contributed by atoms with Crippen molar-refractivity contribution in [3.05, 3.63) is 102 Å². The first-order valence-electron chi connectivity index (χ1n) is 10.9. The summed E-state index contributed by atoms with van der Waals surface area (Å²) in [6.07, 6.45) is 3.04. The van der Waals surface area contributed by atoms with Crippen LogP contribution in [0, 0.1) is 0 Å². The second-order valence-electron chi connectivity index (χ2n) is 8.29. The average Bonchev–Trinajstić information content (AvgIpc) is 3.32. The second-order valence-corrected chi connectivity index (χ2v) is 8.29. The maximum atomic E-state index is 12.4. The van der Waals surface area contributed by atoms with Crippen molar-refractivity contribution in [1.29, 1.82) is 0 Å². The zero-order valence-corrected chi connectivity index (χ0v) is 18.9. The molecule has 1 aliphatic heterocycles. The van der Waals surface area contributed by atoms with Crippen LogP contribution in [0.25, 0.3) is 0 Å². The number of nitrogens with zero attached hydrogens (tertiary/aromatic N) is 1. The van der Waals surface area contributed by atoms with E-state index in [-0.39, 0.29) is 18.3 Å². The van der Waals surface area contributed by atoms with Crippen molar-refractivity contribution in [1.82, 2.24) is 4.90 Å². The summed E-state index contributed by atoms with van der Waals surface area (Å²) in [6, 6.07) is 28.7. The number of hydrogen-bond donors (Lipinski definition) is 1. The number of likely N-dealkylation sites (tertiary alicyclic amines) is 1. The minimum atomic E-state index is -1.03. The van der Waals surface area contributed by atoms with Gasteiger partial charge in [-0.15, -0.1) is 12.4 Å². The van der Waals surface area contributed by atoms with Crippen molar-refractivity contribution in [3.8, 4) is 5.75 Å². The highest BCUT2D eigenvalue weighted by Crippen LogP contribution is 2.41. The molecule has 3 nitrogen and oxygen atoms in total. The fourth-order valence-electron chi connectivity index (χ4n) is 4.65. The van der Waals surface area contributed by atoms with Crippen LogP contribution < -0.4 is 4.74 Å². The van der Waals surface area contributed by atoms with Crippen LogP contribution in [0.2, 0.25) is 0 Å². The van der Waals surface area contributed by atoms with Gasteiger partial charge in [0.25, 0.3) is 0 Å². The minimum Gasteiger partial charge on any atom is -0.497 e. The second kappa shape index (κ2) is 10.8. The van der Waals surface area contributed by atoms with E-state index in [1.165, 1.54) is 18.4 Å². The number of aliphatic hydroxyl groups is 1. The summed E-state index contributed by atoms with van der Waals surface area (Å²) in [4.78, 5) is 2.50. The van der Waals surface area contributed by atoms with Crippen molar-refractivity contribution in [3.63, 3.8) is 0 Å². The summed E-state index contributed by atoms with van der Waals surface area (Å²) in [6.45, 7) is 3.06. The molecule has 1 N–H and O–H groups in total. The van der Waals surface area contributed by atoms with Gasteiger partial charge in [-0.1, -0.05) is 72.8 Å². The molecule has 1 saturated heterocycles. The van der Waals surface area contributed by atoms with Gasteiger partial charge in [0.15, 0.2) is 0 Å². The molecule has 2 atom stereocenters. The van der Waals surface area contributed by atoms with E-state index in [0.29, 0.717) is 6.42 Å². The van der Waals surface area contributed by atoms with Gasteiger partial charge in [0, 0.05) is 18.9 Å². The number of methoxy groups -OCH3 is 1. The van der Waals surface area contributed by atoms with Crippen LogP contribution in [0.1, 0.15) is 35.4 Å². The molecule has 1 aliphatic rings. The van der Waals surface area contributed by atoms with Crippen LogP contribution in [0.15, 0.2) is 84.9 Å². The Morgan fingerprint density at radius 2 is 1.45 bits per heavy atom. The molecule has 0 radical (unpaired) electrons. The van der Waals surface area contributed by atoms with E-state index < -0.39 is 5.60 Å². The first-order valence-corrected chi connectivity index (χ1v) is 10.9. The molecule has 3 aromatic rings. The van der Waals surface area contributed by atoms with Crippen LogP contribution in [0.4, 0.5) is 0 Å². The number of hydrogen-bond acceptors (Lipinski definition) is 3. The van der Waals surface area contributed by atoms with E-state index in [4.69, 9.17) is 4.74 Å². The molecule has 0 amide bonds. The van der Waals surface area contributed by atoms with Gasteiger partial charge in [-0.25, -0.2) is 0 Å². The van der Waals surface area contributed by atoms with E-state index >= 15 is 0 Å². The fourth-order valence-corrected chi connectivity index (χ4v) is 4.65. The lowest BCUT2D eigenvalue weighted by atomic mass is 9.73. The normalized spacial score (nSPS) is 16.8. The van der Waals surface area contributed by atoms with Gasteiger partial charge in [-0.3, -0.25) is 0 Å². The molecule has 4 rings (SSSR count). The van der Waals surface area contributed by atoms with Crippen LogP contribution in [-0.2, 0) is 12.0 Å². The third kappa shape index (κ3) is 5.48. The van der Waals surface area contributed by atoms with E-state index in [9.17, 15) is 5.11 Å². The molecular weight excluding hydrogens is 406 g/mol.